The third kappa shape index (κ3) is 11.0. The molecule has 0 amide bonds. The molecule has 298 valence electrons. The molecule has 4 rings (SSSR count). The lowest BCUT2D eigenvalue weighted by Crippen LogP contribution is -2.22. The third-order valence-corrected chi connectivity index (χ3v) is 11.2. The molecule has 0 unspecified atom stereocenters. The summed E-state index contributed by atoms with van der Waals surface area (Å²) < 4.78 is 25.8. The second-order valence-corrected chi connectivity index (χ2v) is 21.5. The van der Waals surface area contributed by atoms with E-state index in [1.165, 1.54) is 11.1 Å². The molecule has 7 heteroatoms. The predicted octanol–water partition coefficient (Wildman–Crippen LogP) is 12.7. The molecular weight excluding hydrogens is 691 g/mol. The Morgan fingerprint density at radius 3 is 1.56 bits per heavy atom. The van der Waals surface area contributed by atoms with E-state index in [9.17, 15) is 9.90 Å². The van der Waals surface area contributed by atoms with Crippen LogP contribution < -0.4 is 9.05 Å². The van der Waals surface area contributed by atoms with Gasteiger partial charge >= 0.3 is 14.6 Å². The largest absolute Gasteiger partial charge is 0.507 e. The van der Waals surface area contributed by atoms with E-state index in [4.69, 9.17) is 18.3 Å². The van der Waals surface area contributed by atoms with Gasteiger partial charge in [-0.05, 0) is 92.2 Å². The smallest absolute Gasteiger partial charge is 0.463 e. The summed E-state index contributed by atoms with van der Waals surface area (Å²) in [5.74, 6) is 1.82. The number of unbranched alkanes of at least 4 members (excludes halogenated alkanes) is 1. The minimum Gasteiger partial charge on any atom is -0.507 e. The maximum Gasteiger partial charge on any atom is 0.463 e. The number of phenolic OH excluding ortho intramolecular Hbond substituents is 1. The number of hydrogen-bond donors (Lipinski definition) is 1. The van der Waals surface area contributed by atoms with Gasteiger partial charge in [-0.1, -0.05) is 140 Å². The molecule has 3 aromatic rings. The first kappa shape index (κ1) is 43.6. The quantitative estimate of drug-likeness (QED) is 0.133. The number of fused-ring (bicyclic) bond motifs is 2. The van der Waals surface area contributed by atoms with Crippen molar-refractivity contribution in [3.63, 3.8) is 0 Å². The van der Waals surface area contributed by atoms with Gasteiger partial charge in [-0.15, -0.1) is 0 Å². The summed E-state index contributed by atoms with van der Waals surface area (Å²) >= 11 is 0. The standard InChI is InChI=1S/C47H69O6P/c1-30-23-31(24-36(40(30)49)45(8,9)10)19-20-39(48)50-21-17-18-22-51-54-52-41-32(26-34(43(2,3)4)28-37(41)46(11,12)13)25-33-27-35(44(5,6)7)29-38(42(33)53-54)47(14,15)16/h23-24,26-29,49H,17-22,25H2,1-16H3. The summed E-state index contributed by atoms with van der Waals surface area (Å²) in [5.41, 5.74) is 9.33. The molecule has 0 saturated heterocycles. The van der Waals surface area contributed by atoms with Crippen LogP contribution in [0.25, 0.3) is 0 Å². The molecule has 1 heterocycles. The lowest BCUT2D eigenvalue weighted by atomic mass is 9.76. The summed E-state index contributed by atoms with van der Waals surface area (Å²) in [6.07, 6.45) is 2.91. The fourth-order valence-corrected chi connectivity index (χ4v) is 7.83. The average molecular weight is 761 g/mol. The molecule has 0 aromatic heterocycles. The van der Waals surface area contributed by atoms with Crippen molar-refractivity contribution in [3.05, 3.63) is 86.5 Å². The second kappa shape index (κ2) is 16.2. The third-order valence-electron chi connectivity index (χ3n) is 10.2. The highest BCUT2D eigenvalue weighted by atomic mass is 31.2. The van der Waals surface area contributed by atoms with E-state index < -0.39 is 8.60 Å². The number of benzene rings is 3. The number of hydrogen-bond acceptors (Lipinski definition) is 6. The molecule has 0 saturated carbocycles. The van der Waals surface area contributed by atoms with Crippen LogP contribution in [-0.4, -0.2) is 24.3 Å². The molecule has 6 nitrogen and oxygen atoms in total. The van der Waals surface area contributed by atoms with Gasteiger partial charge in [0.1, 0.15) is 17.2 Å². The molecule has 0 atom stereocenters. The zero-order chi connectivity index (χ0) is 40.6. The van der Waals surface area contributed by atoms with Crippen molar-refractivity contribution in [3.8, 4) is 17.2 Å². The molecular formula is C47H69O6P. The number of carbonyl (C=O) groups is 1. The minimum absolute atomic E-state index is 0.0361. The normalized spacial score (nSPS) is 14.4. The summed E-state index contributed by atoms with van der Waals surface area (Å²) in [6, 6.07) is 13.2. The topological polar surface area (TPSA) is 74.2 Å². The number of aryl methyl sites for hydroxylation is 2. The van der Waals surface area contributed by atoms with Gasteiger partial charge in [0.2, 0.25) is 0 Å². The van der Waals surface area contributed by atoms with Gasteiger partial charge in [0.25, 0.3) is 0 Å². The first-order chi connectivity index (χ1) is 24.7. The van der Waals surface area contributed by atoms with Crippen LogP contribution in [0, 0.1) is 6.92 Å². The van der Waals surface area contributed by atoms with Crippen LogP contribution in [0.3, 0.4) is 0 Å². The minimum atomic E-state index is -1.80. The van der Waals surface area contributed by atoms with E-state index in [-0.39, 0.29) is 39.5 Å². The van der Waals surface area contributed by atoms with Crippen molar-refractivity contribution < 1.29 is 28.2 Å². The van der Waals surface area contributed by atoms with Crippen molar-refractivity contribution in [1.29, 1.82) is 0 Å². The monoisotopic (exact) mass is 760 g/mol. The molecule has 0 bridgehead atoms. The van der Waals surface area contributed by atoms with E-state index in [0.717, 1.165) is 50.4 Å². The van der Waals surface area contributed by atoms with E-state index >= 15 is 0 Å². The van der Waals surface area contributed by atoms with Gasteiger partial charge in [-0.25, -0.2) is 0 Å². The zero-order valence-corrected chi connectivity index (χ0v) is 37.2. The van der Waals surface area contributed by atoms with Crippen molar-refractivity contribution >= 4 is 14.6 Å². The van der Waals surface area contributed by atoms with Crippen molar-refractivity contribution in [2.45, 2.75) is 170 Å². The lowest BCUT2D eigenvalue weighted by molar-refractivity contribution is -0.143. The van der Waals surface area contributed by atoms with E-state index in [1.54, 1.807) is 0 Å². The van der Waals surface area contributed by atoms with Crippen molar-refractivity contribution in [2.24, 2.45) is 0 Å². The van der Waals surface area contributed by atoms with E-state index in [2.05, 4.69) is 128 Å². The molecule has 1 N–H and O–H groups in total. The number of phenols is 1. The van der Waals surface area contributed by atoms with Crippen LogP contribution >= 0.6 is 8.60 Å². The molecule has 1 aliphatic heterocycles. The number of ether oxygens (including phenoxy) is 1. The summed E-state index contributed by atoms with van der Waals surface area (Å²) in [5, 5.41) is 10.6. The molecule has 0 fully saturated rings. The van der Waals surface area contributed by atoms with Crippen LogP contribution in [-0.2, 0) is 54.0 Å². The highest BCUT2D eigenvalue weighted by molar-refractivity contribution is 7.42. The number of esters is 1. The van der Waals surface area contributed by atoms with Gasteiger partial charge in [0, 0.05) is 24.0 Å². The first-order valence-electron chi connectivity index (χ1n) is 19.8. The van der Waals surface area contributed by atoms with Crippen molar-refractivity contribution in [2.75, 3.05) is 13.2 Å². The second-order valence-electron chi connectivity index (χ2n) is 20.4. The number of carbonyl (C=O) groups excluding carboxylic acids is 1. The number of aromatic hydroxyl groups is 1. The Bertz CT molecular complexity index is 1720. The van der Waals surface area contributed by atoms with Crippen LogP contribution in [0.1, 0.15) is 173 Å². The zero-order valence-electron chi connectivity index (χ0n) is 36.3. The fourth-order valence-electron chi connectivity index (χ4n) is 6.68. The van der Waals surface area contributed by atoms with Gasteiger partial charge in [0.05, 0.1) is 13.2 Å². The molecule has 1 aliphatic rings. The summed E-state index contributed by atoms with van der Waals surface area (Å²) in [7, 11) is -1.80. The Morgan fingerprint density at radius 1 is 0.648 bits per heavy atom. The van der Waals surface area contributed by atoms with E-state index in [1.807, 2.05) is 19.1 Å². The fraction of sp³-hybridized carbons (Fsp3) is 0.596. The number of rotatable bonds is 9. The predicted molar refractivity (Wildman–Crippen MR) is 225 cm³/mol. The van der Waals surface area contributed by atoms with Gasteiger partial charge in [0.15, 0.2) is 0 Å². The molecule has 3 aromatic carbocycles. The molecule has 0 radical (unpaired) electrons. The summed E-state index contributed by atoms with van der Waals surface area (Å²) in [4.78, 5) is 12.7. The highest BCUT2D eigenvalue weighted by Gasteiger charge is 2.35. The van der Waals surface area contributed by atoms with Gasteiger partial charge in [-0.2, -0.15) is 0 Å². The van der Waals surface area contributed by atoms with Crippen LogP contribution in [0.2, 0.25) is 0 Å². The highest BCUT2D eigenvalue weighted by Crippen LogP contribution is 2.53. The van der Waals surface area contributed by atoms with Crippen LogP contribution in [0.5, 0.6) is 17.2 Å². The van der Waals surface area contributed by atoms with E-state index in [0.29, 0.717) is 44.6 Å². The van der Waals surface area contributed by atoms with Gasteiger partial charge < -0.3 is 18.9 Å². The maximum atomic E-state index is 12.7. The molecule has 0 aliphatic carbocycles. The molecule has 54 heavy (non-hydrogen) atoms. The SMILES string of the molecule is Cc1cc(CCC(=O)OCCCCOP2Oc3c(cc(C(C)(C)C)cc3C(C)(C)C)Cc3cc(C(C)(C)C)cc(C(C)(C)C)c3O2)cc(C(C)(C)C)c1O. The average Bonchev–Trinajstić information content (AvgIpc) is 3.00. The Labute approximate surface area is 328 Å². The Kier molecular flexibility index (Phi) is 13.1. The Balaban J connectivity index is 1.53. The van der Waals surface area contributed by atoms with Crippen LogP contribution in [0.4, 0.5) is 0 Å². The Morgan fingerprint density at radius 2 is 1.11 bits per heavy atom. The maximum absolute atomic E-state index is 12.7. The first-order valence-corrected chi connectivity index (χ1v) is 20.9. The van der Waals surface area contributed by atoms with Crippen LogP contribution in [0.15, 0.2) is 36.4 Å². The van der Waals surface area contributed by atoms with Crippen molar-refractivity contribution in [1.82, 2.24) is 0 Å². The lowest BCUT2D eigenvalue weighted by Gasteiger charge is -2.34. The van der Waals surface area contributed by atoms with Gasteiger partial charge in [-0.3, -0.25) is 9.32 Å². The summed E-state index contributed by atoms with van der Waals surface area (Å²) in [6.45, 7) is 35.9. The Hall–Kier alpha value is -3.08. The molecule has 0 spiro atoms.